The van der Waals surface area contributed by atoms with Crippen molar-refractivity contribution < 1.29 is 23.8 Å². The molecule has 0 radical (unpaired) electrons. The number of carbonyl (C=O) groups is 2. The van der Waals surface area contributed by atoms with E-state index in [1.54, 1.807) is 44.4 Å². The lowest BCUT2D eigenvalue weighted by atomic mass is 10.1. The van der Waals surface area contributed by atoms with Crippen LogP contribution in [0.25, 0.3) is 10.8 Å². The minimum Gasteiger partial charge on any atom is -0.497 e. The third-order valence-electron chi connectivity index (χ3n) is 4.31. The second-order valence-electron chi connectivity index (χ2n) is 6.50. The Labute approximate surface area is 196 Å². The molecule has 0 aromatic heterocycles. The van der Waals surface area contributed by atoms with Gasteiger partial charge in [0.25, 0.3) is 11.8 Å². The second-order valence-corrected chi connectivity index (χ2v) is 8.21. The molecule has 0 saturated heterocycles. The average molecular weight is 552 g/mol. The van der Waals surface area contributed by atoms with Gasteiger partial charge in [0.2, 0.25) is 0 Å². The topological polar surface area (TPSA) is 85.9 Å². The Morgan fingerprint density at radius 3 is 2.39 bits per heavy atom. The zero-order chi connectivity index (χ0) is 22.4. The Balaban J connectivity index is 1.48. The van der Waals surface area contributed by atoms with Gasteiger partial charge in [0.15, 0.2) is 12.7 Å². The number of hydrogen-bond donors (Lipinski definition) is 2. The zero-order valence-electron chi connectivity index (χ0n) is 16.8. The van der Waals surface area contributed by atoms with Gasteiger partial charge in [0.1, 0.15) is 17.2 Å². The molecule has 0 aliphatic carbocycles. The van der Waals surface area contributed by atoms with Crippen molar-refractivity contribution in [1.82, 2.24) is 10.9 Å². The number of hydrazine groups is 1. The van der Waals surface area contributed by atoms with E-state index < -0.39 is 17.9 Å². The van der Waals surface area contributed by atoms with Crippen molar-refractivity contribution in [2.75, 3.05) is 13.7 Å². The summed E-state index contributed by atoms with van der Waals surface area (Å²) < 4.78 is 17.9. The average Bonchev–Trinajstić information content (AvgIpc) is 2.77. The number of halogens is 2. The molecule has 0 heterocycles. The number of ether oxygens (including phenoxy) is 3. The molecule has 9 heteroatoms. The first-order chi connectivity index (χ1) is 14.9. The molecule has 3 aromatic rings. The summed E-state index contributed by atoms with van der Waals surface area (Å²) in [5, 5.41) is 1.98. The van der Waals surface area contributed by atoms with Gasteiger partial charge in [-0.05, 0) is 76.1 Å². The number of rotatable bonds is 7. The van der Waals surface area contributed by atoms with Crippen molar-refractivity contribution in [2.24, 2.45) is 0 Å². The molecule has 0 aliphatic heterocycles. The van der Waals surface area contributed by atoms with Crippen molar-refractivity contribution in [3.8, 4) is 17.2 Å². The predicted molar refractivity (Wildman–Crippen MR) is 124 cm³/mol. The number of hydrogen-bond acceptors (Lipinski definition) is 5. The number of nitrogens with one attached hydrogen (secondary N) is 2. The van der Waals surface area contributed by atoms with Gasteiger partial charge >= 0.3 is 0 Å². The first-order valence-corrected chi connectivity index (χ1v) is 10.9. The van der Waals surface area contributed by atoms with Crippen LogP contribution in [0.2, 0.25) is 0 Å². The Morgan fingerprint density at radius 2 is 1.68 bits per heavy atom. The van der Waals surface area contributed by atoms with Crippen LogP contribution in [0.5, 0.6) is 17.2 Å². The van der Waals surface area contributed by atoms with Gasteiger partial charge in [-0.1, -0.05) is 28.1 Å². The van der Waals surface area contributed by atoms with E-state index in [0.29, 0.717) is 17.2 Å². The highest BCUT2D eigenvalue weighted by Gasteiger charge is 2.16. The first kappa shape index (κ1) is 22.9. The molecular weight excluding hydrogens is 532 g/mol. The Hall–Kier alpha value is -2.78. The SMILES string of the molecule is COc1ccc(OC(C)C(=O)NNC(=O)COc2ccc3cc(Br)ccc3c2Br)cc1. The molecule has 0 fully saturated rings. The lowest BCUT2D eigenvalue weighted by Gasteiger charge is -2.16. The second kappa shape index (κ2) is 10.5. The smallest absolute Gasteiger partial charge is 0.279 e. The number of methoxy groups -OCH3 is 1. The fourth-order valence-corrected chi connectivity index (χ4v) is 3.66. The van der Waals surface area contributed by atoms with Crippen molar-refractivity contribution in [3.63, 3.8) is 0 Å². The van der Waals surface area contributed by atoms with E-state index in [-0.39, 0.29) is 6.61 Å². The maximum absolute atomic E-state index is 12.1. The summed E-state index contributed by atoms with van der Waals surface area (Å²) in [6, 6.07) is 16.4. The monoisotopic (exact) mass is 550 g/mol. The zero-order valence-corrected chi connectivity index (χ0v) is 19.9. The van der Waals surface area contributed by atoms with Crippen LogP contribution in [0.15, 0.2) is 63.5 Å². The van der Waals surface area contributed by atoms with Crippen LogP contribution in [0.4, 0.5) is 0 Å². The molecule has 0 spiro atoms. The molecule has 0 saturated carbocycles. The third kappa shape index (κ3) is 6.11. The molecule has 0 aliphatic rings. The van der Waals surface area contributed by atoms with Crippen LogP contribution < -0.4 is 25.1 Å². The maximum atomic E-state index is 12.1. The molecule has 2 amide bonds. The summed E-state index contributed by atoms with van der Waals surface area (Å²) in [5.41, 5.74) is 4.64. The van der Waals surface area contributed by atoms with Gasteiger partial charge in [0, 0.05) is 4.47 Å². The van der Waals surface area contributed by atoms with Gasteiger partial charge < -0.3 is 14.2 Å². The van der Waals surface area contributed by atoms with E-state index in [1.807, 2.05) is 24.3 Å². The molecule has 3 rings (SSSR count). The molecular formula is C22H20Br2N2O5. The highest BCUT2D eigenvalue weighted by Crippen LogP contribution is 2.34. The van der Waals surface area contributed by atoms with Gasteiger partial charge in [0.05, 0.1) is 11.6 Å². The highest BCUT2D eigenvalue weighted by atomic mass is 79.9. The highest BCUT2D eigenvalue weighted by molar-refractivity contribution is 9.11. The molecule has 31 heavy (non-hydrogen) atoms. The van der Waals surface area contributed by atoms with Crippen LogP contribution in [-0.4, -0.2) is 31.6 Å². The molecule has 3 aromatic carbocycles. The lowest BCUT2D eigenvalue weighted by Crippen LogP contribution is -2.48. The van der Waals surface area contributed by atoms with Crippen molar-refractivity contribution in [3.05, 3.63) is 63.5 Å². The minimum absolute atomic E-state index is 0.269. The van der Waals surface area contributed by atoms with Crippen LogP contribution >= 0.6 is 31.9 Å². The Kier molecular flexibility index (Phi) is 7.75. The summed E-state index contributed by atoms with van der Waals surface area (Å²) in [5.74, 6) is 0.705. The quantitative estimate of drug-likeness (QED) is 0.426. The molecule has 1 unspecified atom stereocenters. The van der Waals surface area contributed by atoms with Gasteiger partial charge in [-0.2, -0.15) is 0 Å². The van der Waals surface area contributed by atoms with E-state index in [9.17, 15) is 9.59 Å². The molecule has 1 atom stereocenters. The van der Waals surface area contributed by atoms with Crippen LogP contribution in [0.3, 0.4) is 0 Å². The Bertz CT molecular complexity index is 1090. The first-order valence-electron chi connectivity index (χ1n) is 9.27. The third-order valence-corrected chi connectivity index (χ3v) is 5.62. The standard InChI is InChI=1S/C22H20Br2N2O5/c1-13(31-17-7-5-16(29-2)6-8-17)22(28)26-25-20(27)12-30-19-10-3-14-11-15(23)4-9-18(14)21(19)24/h3-11,13H,12H2,1-2H3,(H,25,27)(H,26,28). The van der Waals surface area contributed by atoms with Crippen molar-refractivity contribution in [1.29, 1.82) is 0 Å². The van der Waals surface area contributed by atoms with E-state index in [4.69, 9.17) is 14.2 Å². The number of benzene rings is 3. The number of fused-ring (bicyclic) bond motifs is 1. The summed E-state index contributed by atoms with van der Waals surface area (Å²) in [6.07, 6.45) is -0.816. The number of carbonyl (C=O) groups excluding carboxylic acids is 2. The molecule has 7 nitrogen and oxygen atoms in total. The van der Waals surface area contributed by atoms with E-state index in [2.05, 4.69) is 42.7 Å². The lowest BCUT2D eigenvalue weighted by molar-refractivity contribution is -0.133. The van der Waals surface area contributed by atoms with Gasteiger partial charge in [-0.3, -0.25) is 20.4 Å². The van der Waals surface area contributed by atoms with E-state index in [0.717, 1.165) is 19.7 Å². The van der Waals surface area contributed by atoms with Gasteiger partial charge in [-0.25, -0.2) is 0 Å². The summed E-state index contributed by atoms with van der Waals surface area (Å²) in [7, 11) is 1.57. The van der Waals surface area contributed by atoms with Crippen molar-refractivity contribution >= 4 is 54.4 Å². The van der Waals surface area contributed by atoms with Crippen LogP contribution in [0.1, 0.15) is 6.92 Å². The fourth-order valence-electron chi connectivity index (χ4n) is 2.68. The molecule has 0 bridgehead atoms. The minimum atomic E-state index is -0.816. The Morgan fingerprint density at radius 1 is 0.968 bits per heavy atom. The maximum Gasteiger partial charge on any atom is 0.279 e. The molecule has 162 valence electrons. The van der Waals surface area contributed by atoms with E-state index >= 15 is 0 Å². The number of amides is 2. The fraction of sp³-hybridized carbons (Fsp3) is 0.182. The summed E-state index contributed by atoms with van der Waals surface area (Å²) in [4.78, 5) is 24.2. The van der Waals surface area contributed by atoms with Crippen LogP contribution in [-0.2, 0) is 9.59 Å². The molecule has 2 N–H and O–H groups in total. The van der Waals surface area contributed by atoms with Gasteiger partial charge in [-0.15, -0.1) is 0 Å². The van der Waals surface area contributed by atoms with Crippen LogP contribution in [0, 0.1) is 0 Å². The van der Waals surface area contributed by atoms with Crippen molar-refractivity contribution in [2.45, 2.75) is 13.0 Å². The van der Waals surface area contributed by atoms with E-state index in [1.165, 1.54) is 0 Å². The summed E-state index contributed by atoms with van der Waals surface area (Å²) in [6.45, 7) is 1.31. The predicted octanol–water partition coefficient (Wildman–Crippen LogP) is 4.37. The summed E-state index contributed by atoms with van der Waals surface area (Å²) >= 11 is 6.95. The normalized spacial score (nSPS) is 11.5. The largest absolute Gasteiger partial charge is 0.497 e.